The second-order valence-electron chi connectivity index (χ2n) is 8.08. The van der Waals surface area contributed by atoms with E-state index in [2.05, 4.69) is 39.4 Å². The van der Waals surface area contributed by atoms with Gasteiger partial charge in [0, 0.05) is 5.38 Å². The summed E-state index contributed by atoms with van der Waals surface area (Å²) < 4.78 is 37.2. The molecule has 3 rings (SSSR count). The van der Waals surface area contributed by atoms with E-state index in [9.17, 15) is 18.0 Å². The van der Waals surface area contributed by atoms with E-state index in [4.69, 9.17) is 4.55 Å². The minimum Gasteiger partial charge on any atom is -0.453 e. The Morgan fingerprint density at radius 1 is 1.05 bits per heavy atom. The first-order valence-electron chi connectivity index (χ1n) is 11.4. The molecule has 0 bridgehead atoms. The van der Waals surface area contributed by atoms with Crippen LogP contribution in [0.3, 0.4) is 0 Å². The summed E-state index contributed by atoms with van der Waals surface area (Å²) in [5.74, 6) is -0.372. The van der Waals surface area contributed by atoms with Gasteiger partial charge < -0.3 is 15.4 Å². The predicted molar refractivity (Wildman–Crippen MR) is 144 cm³/mol. The molecule has 0 fully saturated rings. The highest BCUT2D eigenvalue weighted by Gasteiger charge is 2.24. The van der Waals surface area contributed by atoms with E-state index in [0.717, 1.165) is 10.6 Å². The topological polar surface area (TPSA) is 147 Å². The Labute approximate surface area is 221 Å². The summed E-state index contributed by atoms with van der Waals surface area (Å²) in [4.78, 5) is 28.6. The van der Waals surface area contributed by atoms with Crippen LogP contribution in [0.4, 0.5) is 10.5 Å². The number of nitrogens with one attached hydrogen (secondary N) is 3. The van der Waals surface area contributed by atoms with Crippen molar-refractivity contribution in [3.63, 3.8) is 0 Å². The fourth-order valence-corrected chi connectivity index (χ4v) is 4.32. The van der Waals surface area contributed by atoms with Gasteiger partial charge in [-0.3, -0.25) is 14.1 Å². The molecule has 1 heterocycles. The summed E-state index contributed by atoms with van der Waals surface area (Å²) in [5, 5.41) is 8.10. The number of thiazole rings is 1. The smallest absolute Gasteiger partial charge is 0.407 e. The van der Waals surface area contributed by atoms with Crippen LogP contribution in [0.15, 0.2) is 60.0 Å². The highest BCUT2D eigenvalue weighted by molar-refractivity contribution is 7.87. The number of aryl methyl sites for hydroxylation is 2. The lowest BCUT2D eigenvalue weighted by Crippen LogP contribution is -2.47. The van der Waals surface area contributed by atoms with Crippen LogP contribution in [0.2, 0.25) is 0 Å². The number of carbonyl (C=O) groups is 2. The summed E-state index contributed by atoms with van der Waals surface area (Å²) in [6.07, 6.45) is 0.0649. The Kier molecular flexibility index (Phi) is 11.5. The number of carbonyl (C=O) groups excluding carboxylic acids is 2. The van der Waals surface area contributed by atoms with Gasteiger partial charge in [-0.2, -0.15) is 8.42 Å². The lowest BCUT2D eigenvalue weighted by Gasteiger charge is -2.22. The monoisotopic (exact) mass is 548 g/mol. The average molecular weight is 549 g/mol. The second-order valence-corrected chi connectivity index (χ2v) is 10.3. The molecule has 4 N–H and O–H groups in total. The average Bonchev–Trinajstić information content (AvgIpc) is 3.29. The molecule has 2 atom stereocenters. The Morgan fingerprint density at radius 2 is 1.70 bits per heavy atom. The summed E-state index contributed by atoms with van der Waals surface area (Å²) in [6.45, 7) is 5.71. The predicted octanol–water partition coefficient (Wildman–Crippen LogP) is 4.20. The molecule has 0 aliphatic rings. The van der Waals surface area contributed by atoms with Gasteiger partial charge in [-0.05, 0) is 44.4 Å². The molecular weight excluding hydrogens is 516 g/mol. The molecule has 1 aromatic heterocycles. The number of hydrogen-bond donors (Lipinski definition) is 4. The molecule has 10 nitrogen and oxygen atoms in total. The number of methoxy groups -OCH3 is 1. The quantitative estimate of drug-likeness (QED) is 0.293. The number of benzene rings is 2. The maximum atomic E-state index is 12.7. The summed E-state index contributed by atoms with van der Waals surface area (Å²) >= 11 is 1.45. The fourth-order valence-electron chi connectivity index (χ4n) is 3.22. The molecule has 0 saturated carbocycles. The summed E-state index contributed by atoms with van der Waals surface area (Å²) in [5.41, 5.74) is 3.02. The molecule has 2 aromatic carbocycles. The number of rotatable bonds is 9. The molecular formula is C25H32N4O6S2. The van der Waals surface area contributed by atoms with Gasteiger partial charge in [-0.25, -0.2) is 9.78 Å². The fraction of sp³-hybridized carbons (Fsp3) is 0.320. The van der Waals surface area contributed by atoms with Gasteiger partial charge in [0.05, 0.1) is 29.5 Å². The number of aromatic nitrogens is 1. The maximum Gasteiger partial charge on any atom is 0.407 e. The van der Waals surface area contributed by atoms with Crippen molar-refractivity contribution in [2.75, 3.05) is 11.8 Å². The highest BCUT2D eigenvalue weighted by Crippen LogP contribution is 2.22. The van der Waals surface area contributed by atoms with E-state index in [1.807, 2.05) is 35.2 Å². The standard InChI is InChI=1S/C18H24N4O6S2.C7H8/c1-4-14(21-18(24)28-3)17(23)20-15(16-10-29-11(2)19-16)9-12-5-7-13(8-6-12)22-30(25,26)27;1-7-5-3-2-4-6-7/h5-8,10,14-15,22H,4,9H2,1-3H3,(H,20,23)(H,21,24)(H,25,26,27);2-6H,1H3/t14-,15-;/m0./s1. The van der Waals surface area contributed by atoms with Crippen LogP contribution in [0.5, 0.6) is 0 Å². The first kappa shape index (κ1) is 29.7. The van der Waals surface area contributed by atoms with E-state index in [1.54, 1.807) is 19.1 Å². The number of ether oxygens (including phenoxy) is 1. The van der Waals surface area contributed by atoms with Gasteiger partial charge in [0.1, 0.15) is 6.04 Å². The molecule has 0 saturated heterocycles. The van der Waals surface area contributed by atoms with E-state index in [1.165, 1.54) is 36.1 Å². The molecule has 12 heteroatoms. The van der Waals surface area contributed by atoms with Crippen molar-refractivity contribution >= 4 is 39.3 Å². The minimum atomic E-state index is -4.35. The SMILES string of the molecule is CC[C@H](NC(=O)OC)C(=O)N[C@@H](Cc1ccc(NS(=O)(=O)O)cc1)c1csc(C)n1.Cc1ccccc1. The molecule has 2 amide bonds. The Morgan fingerprint density at radius 3 is 2.16 bits per heavy atom. The van der Waals surface area contributed by atoms with Crippen molar-refractivity contribution in [2.24, 2.45) is 0 Å². The number of anilines is 1. The molecule has 200 valence electrons. The van der Waals surface area contributed by atoms with Crippen LogP contribution in [0.25, 0.3) is 0 Å². The summed E-state index contributed by atoms with van der Waals surface area (Å²) in [7, 11) is -3.13. The van der Waals surface area contributed by atoms with Crippen LogP contribution in [-0.4, -0.2) is 43.1 Å². The van der Waals surface area contributed by atoms with Crippen LogP contribution < -0.4 is 15.4 Å². The first-order chi connectivity index (χ1) is 17.5. The molecule has 0 radical (unpaired) electrons. The van der Waals surface area contributed by atoms with Crippen LogP contribution in [0, 0.1) is 13.8 Å². The van der Waals surface area contributed by atoms with Gasteiger partial charge >= 0.3 is 16.4 Å². The lowest BCUT2D eigenvalue weighted by molar-refractivity contribution is -0.123. The third kappa shape index (κ3) is 11.0. The maximum absolute atomic E-state index is 12.7. The first-order valence-corrected chi connectivity index (χ1v) is 13.7. The van der Waals surface area contributed by atoms with Crippen molar-refractivity contribution < 1.29 is 27.3 Å². The lowest BCUT2D eigenvalue weighted by atomic mass is 10.0. The van der Waals surface area contributed by atoms with Gasteiger partial charge in [0.2, 0.25) is 5.91 Å². The van der Waals surface area contributed by atoms with Gasteiger partial charge in [-0.15, -0.1) is 11.3 Å². The molecule has 0 spiro atoms. The zero-order valence-corrected chi connectivity index (χ0v) is 22.7. The van der Waals surface area contributed by atoms with Crippen LogP contribution in [0.1, 0.15) is 41.2 Å². The van der Waals surface area contributed by atoms with Crippen molar-refractivity contribution in [1.82, 2.24) is 15.6 Å². The van der Waals surface area contributed by atoms with Gasteiger partial charge in [0.15, 0.2) is 0 Å². The molecule has 0 aliphatic heterocycles. The Hall–Kier alpha value is -3.48. The third-order valence-corrected chi connectivity index (χ3v) is 6.38. The Bertz CT molecular complexity index is 1250. The van der Waals surface area contributed by atoms with Crippen LogP contribution >= 0.6 is 11.3 Å². The normalized spacial score (nSPS) is 12.4. The van der Waals surface area contributed by atoms with Gasteiger partial charge in [0.25, 0.3) is 0 Å². The van der Waals surface area contributed by atoms with Gasteiger partial charge in [-0.1, -0.05) is 55.0 Å². The minimum absolute atomic E-state index is 0.208. The largest absolute Gasteiger partial charge is 0.453 e. The molecule has 0 unspecified atom stereocenters. The zero-order chi connectivity index (χ0) is 27.4. The van der Waals surface area contributed by atoms with E-state index in [0.29, 0.717) is 18.5 Å². The second kappa shape index (κ2) is 14.3. The number of alkyl carbamates (subject to hydrolysis) is 1. The molecule has 3 aromatic rings. The van der Waals surface area contributed by atoms with Crippen molar-refractivity contribution in [3.05, 3.63) is 81.8 Å². The van der Waals surface area contributed by atoms with Crippen molar-refractivity contribution in [3.8, 4) is 0 Å². The van der Waals surface area contributed by atoms with E-state index < -0.39 is 28.5 Å². The van der Waals surface area contributed by atoms with E-state index in [-0.39, 0.29) is 11.6 Å². The van der Waals surface area contributed by atoms with Crippen molar-refractivity contribution in [1.29, 1.82) is 0 Å². The van der Waals surface area contributed by atoms with Crippen LogP contribution in [-0.2, 0) is 26.3 Å². The van der Waals surface area contributed by atoms with E-state index >= 15 is 0 Å². The molecule has 0 aliphatic carbocycles. The number of nitrogens with zero attached hydrogens (tertiary/aromatic N) is 1. The zero-order valence-electron chi connectivity index (χ0n) is 21.1. The number of hydrogen-bond acceptors (Lipinski definition) is 7. The Balaban J connectivity index is 0.000000591. The number of amides is 2. The summed E-state index contributed by atoms with van der Waals surface area (Å²) in [6, 6.07) is 15.4. The third-order valence-electron chi connectivity index (χ3n) is 5.09. The highest BCUT2D eigenvalue weighted by atomic mass is 32.2. The van der Waals surface area contributed by atoms with Crippen molar-refractivity contribution in [2.45, 2.75) is 45.7 Å². The molecule has 37 heavy (non-hydrogen) atoms.